The third-order valence-corrected chi connectivity index (χ3v) is 1.25. The highest BCUT2D eigenvalue weighted by Crippen LogP contribution is 1.91. The van der Waals surface area contributed by atoms with Crippen molar-refractivity contribution in [2.75, 3.05) is 14.1 Å². The zero-order chi connectivity index (χ0) is 8.31. The zero-order valence-electron chi connectivity index (χ0n) is 6.53. The van der Waals surface area contributed by atoms with E-state index in [0.29, 0.717) is 0 Å². The Bertz CT molecular complexity index is 123. The predicted molar refractivity (Wildman–Crippen MR) is 38.4 cm³/mol. The van der Waals surface area contributed by atoms with E-state index in [1.54, 1.807) is 14.1 Å². The molecule has 0 aromatic heterocycles. The third-order valence-electron chi connectivity index (χ3n) is 1.25. The summed E-state index contributed by atoms with van der Waals surface area (Å²) in [4.78, 5) is 12.3. The first kappa shape index (κ1) is 9.39. The molecule has 60 valence electrons. The van der Waals surface area contributed by atoms with E-state index in [1.165, 1.54) is 11.8 Å². The second-order valence-electron chi connectivity index (χ2n) is 2.50. The molecular weight excluding hydrogens is 132 g/mol. The molecule has 0 aliphatic carbocycles. The van der Waals surface area contributed by atoms with Crippen LogP contribution in [-0.4, -0.2) is 42.2 Å². The fraction of sp³-hybridized carbons (Fsp3) is 0.833. The van der Waals surface area contributed by atoms with Crippen molar-refractivity contribution >= 4 is 5.91 Å². The number of nitrogens with two attached hydrogens (primary N) is 1. The van der Waals surface area contributed by atoms with Gasteiger partial charge < -0.3 is 15.7 Å². The molecule has 2 atom stereocenters. The van der Waals surface area contributed by atoms with Crippen molar-refractivity contribution in [2.45, 2.75) is 19.1 Å². The number of amides is 1. The molecule has 0 unspecified atom stereocenters. The fourth-order valence-electron chi connectivity index (χ4n) is 0.504. The number of aliphatic hydroxyl groups is 1. The number of carbonyl (C=O) groups excluding carboxylic acids is 1. The van der Waals surface area contributed by atoms with Gasteiger partial charge in [-0.2, -0.15) is 0 Å². The minimum atomic E-state index is -0.796. The maximum absolute atomic E-state index is 10.9. The predicted octanol–water partition coefficient (Wildman–Crippen LogP) is -1.22. The normalized spacial score (nSPS) is 16.1. The first-order valence-corrected chi connectivity index (χ1v) is 3.11. The van der Waals surface area contributed by atoms with Crippen molar-refractivity contribution in [3.63, 3.8) is 0 Å². The highest BCUT2D eigenvalue weighted by molar-refractivity contribution is 5.81. The summed E-state index contributed by atoms with van der Waals surface area (Å²) >= 11 is 0. The van der Waals surface area contributed by atoms with E-state index >= 15 is 0 Å². The second kappa shape index (κ2) is 3.53. The van der Waals surface area contributed by atoms with Crippen molar-refractivity contribution in [1.82, 2.24) is 4.90 Å². The molecular formula is C6H14N2O2. The lowest BCUT2D eigenvalue weighted by Gasteiger charge is -2.18. The van der Waals surface area contributed by atoms with Crippen molar-refractivity contribution in [1.29, 1.82) is 0 Å². The monoisotopic (exact) mass is 146 g/mol. The number of aliphatic hydroxyl groups excluding tert-OH is 1. The first-order chi connectivity index (χ1) is 4.46. The van der Waals surface area contributed by atoms with E-state index < -0.39 is 12.1 Å². The molecule has 3 N–H and O–H groups in total. The molecule has 0 spiro atoms. The first-order valence-electron chi connectivity index (χ1n) is 3.11. The average molecular weight is 146 g/mol. The lowest BCUT2D eigenvalue weighted by Crippen LogP contribution is -2.46. The summed E-state index contributed by atoms with van der Waals surface area (Å²) in [6.45, 7) is 1.49. The molecule has 0 radical (unpaired) electrons. The zero-order valence-corrected chi connectivity index (χ0v) is 6.53. The van der Waals surface area contributed by atoms with Gasteiger partial charge in [-0.25, -0.2) is 0 Å². The summed E-state index contributed by atoms with van der Waals surface area (Å²) in [5.41, 5.74) is 5.32. The van der Waals surface area contributed by atoms with Gasteiger partial charge in [0.1, 0.15) is 6.04 Å². The molecule has 0 saturated heterocycles. The second-order valence-corrected chi connectivity index (χ2v) is 2.50. The van der Waals surface area contributed by atoms with E-state index in [1.807, 2.05) is 0 Å². The Balaban J connectivity index is 3.95. The Labute approximate surface area is 60.6 Å². The molecule has 0 bridgehead atoms. The Hall–Kier alpha value is -0.610. The van der Waals surface area contributed by atoms with E-state index in [-0.39, 0.29) is 5.91 Å². The Morgan fingerprint density at radius 2 is 2.00 bits per heavy atom. The van der Waals surface area contributed by atoms with Gasteiger partial charge in [0.2, 0.25) is 5.91 Å². The van der Waals surface area contributed by atoms with Crippen molar-refractivity contribution in [3.05, 3.63) is 0 Å². The molecule has 0 rings (SSSR count). The van der Waals surface area contributed by atoms with Crippen LogP contribution in [0.1, 0.15) is 6.92 Å². The molecule has 0 saturated carbocycles. The standard InChI is InChI=1S/C6H14N2O2/c1-4(9)5(7)6(10)8(2)3/h4-5,9H,7H2,1-3H3/t4-,5+/m0/s1. The quantitative estimate of drug-likeness (QED) is 0.513. The van der Waals surface area contributed by atoms with Crippen LogP contribution in [0.4, 0.5) is 0 Å². The minimum Gasteiger partial charge on any atom is -0.391 e. The van der Waals surface area contributed by atoms with Gasteiger partial charge in [-0.1, -0.05) is 0 Å². The lowest BCUT2D eigenvalue weighted by atomic mass is 10.2. The van der Waals surface area contributed by atoms with Gasteiger partial charge in [0.25, 0.3) is 0 Å². The number of hydrogen-bond acceptors (Lipinski definition) is 3. The number of carbonyl (C=O) groups is 1. The SMILES string of the molecule is C[C@H](O)[C@@H](N)C(=O)N(C)C. The van der Waals surface area contributed by atoms with Crippen LogP contribution < -0.4 is 5.73 Å². The van der Waals surface area contributed by atoms with Crippen LogP contribution in [-0.2, 0) is 4.79 Å². The maximum Gasteiger partial charge on any atom is 0.241 e. The minimum absolute atomic E-state index is 0.255. The summed E-state index contributed by atoms with van der Waals surface area (Å²) in [7, 11) is 3.20. The number of likely N-dealkylation sites (N-methyl/N-ethyl adjacent to an activating group) is 1. The summed E-state index contributed by atoms with van der Waals surface area (Å²) in [5, 5.41) is 8.87. The summed E-state index contributed by atoms with van der Waals surface area (Å²) < 4.78 is 0. The molecule has 0 heterocycles. The van der Waals surface area contributed by atoms with E-state index in [9.17, 15) is 4.79 Å². The molecule has 4 heteroatoms. The molecule has 0 fully saturated rings. The highest BCUT2D eigenvalue weighted by atomic mass is 16.3. The molecule has 1 amide bonds. The summed E-state index contributed by atoms with van der Waals surface area (Å²) in [6, 6.07) is -0.796. The van der Waals surface area contributed by atoms with Gasteiger partial charge in [-0.15, -0.1) is 0 Å². The average Bonchev–Trinajstić information content (AvgIpc) is 1.84. The molecule has 0 aromatic rings. The van der Waals surface area contributed by atoms with Gasteiger partial charge in [-0.3, -0.25) is 4.79 Å². The van der Waals surface area contributed by atoms with Crippen LogP contribution in [0.5, 0.6) is 0 Å². The largest absolute Gasteiger partial charge is 0.391 e. The Kier molecular flexibility index (Phi) is 3.32. The topological polar surface area (TPSA) is 66.6 Å². The molecule has 10 heavy (non-hydrogen) atoms. The van der Waals surface area contributed by atoms with Crippen molar-refractivity contribution in [2.24, 2.45) is 5.73 Å². The van der Waals surface area contributed by atoms with Gasteiger partial charge >= 0.3 is 0 Å². The maximum atomic E-state index is 10.9. The highest BCUT2D eigenvalue weighted by Gasteiger charge is 2.19. The van der Waals surface area contributed by atoms with Crippen LogP contribution in [0, 0.1) is 0 Å². The van der Waals surface area contributed by atoms with E-state index in [0.717, 1.165) is 0 Å². The molecule has 4 nitrogen and oxygen atoms in total. The molecule has 0 aromatic carbocycles. The van der Waals surface area contributed by atoms with Crippen LogP contribution in [0.25, 0.3) is 0 Å². The fourth-order valence-corrected chi connectivity index (χ4v) is 0.504. The number of hydrogen-bond donors (Lipinski definition) is 2. The Morgan fingerprint density at radius 1 is 1.60 bits per heavy atom. The van der Waals surface area contributed by atoms with Gasteiger partial charge in [0, 0.05) is 14.1 Å². The summed E-state index contributed by atoms with van der Waals surface area (Å²) in [6.07, 6.45) is -0.783. The van der Waals surface area contributed by atoms with Gasteiger partial charge in [-0.05, 0) is 6.92 Å². The summed E-state index contributed by atoms with van der Waals surface area (Å²) in [5.74, 6) is -0.255. The van der Waals surface area contributed by atoms with Crippen LogP contribution in [0.3, 0.4) is 0 Å². The van der Waals surface area contributed by atoms with E-state index in [4.69, 9.17) is 10.8 Å². The van der Waals surface area contributed by atoms with E-state index in [2.05, 4.69) is 0 Å². The van der Waals surface area contributed by atoms with Gasteiger partial charge in [0.15, 0.2) is 0 Å². The van der Waals surface area contributed by atoms with Crippen LogP contribution in [0.2, 0.25) is 0 Å². The van der Waals surface area contributed by atoms with Crippen LogP contribution >= 0.6 is 0 Å². The third kappa shape index (κ3) is 2.33. The molecule has 0 aliphatic heterocycles. The smallest absolute Gasteiger partial charge is 0.241 e. The van der Waals surface area contributed by atoms with Crippen LogP contribution in [0.15, 0.2) is 0 Å². The van der Waals surface area contributed by atoms with Crippen molar-refractivity contribution in [3.8, 4) is 0 Å². The number of nitrogens with zero attached hydrogens (tertiary/aromatic N) is 1. The molecule has 0 aliphatic rings. The number of rotatable bonds is 2. The Morgan fingerprint density at radius 3 is 2.10 bits per heavy atom. The lowest BCUT2D eigenvalue weighted by molar-refractivity contribution is -0.132. The van der Waals surface area contributed by atoms with Crippen molar-refractivity contribution < 1.29 is 9.90 Å². The van der Waals surface area contributed by atoms with Gasteiger partial charge in [0.05, 0.1) is 6.10 Å².